The number of pyridine rings is 1. The second-order valence-corrected chi connectivity index (χ2v) is 8.31. The first-order valence-corrected chi connectivity index (χ1v) is 11.1. The smallest absolute Gasteiger partial charge is 0.256 e. The SMILES string of the molecule is CN(CCCc1cc(-c2ccccc2)n[nH]1)C(=O)c1cccnc1Sc1ccccc1. The lowest BCUT2D eigenvalue weighted by Crippen LogP contribution is -2.28. The van der Waals surface area contributed by atoms with Gasteiger partial charge in [-0.15, -0.1) is 0 Å². The van der Waals surface area contributed by atoms with Crippen LogP contribution in [-0.2, 0) is 6.42 Å². The topological polar surface area (TPSA) is 61.9 Å². The number of benzene rings is 2. The first-order chi connectivity index (χ1) is 15.2. The molecular weight excluding hydrogens is 404 g/mol. The second kappa shape index (κ2) is 10.1. The van der Waals surface area contributed by atoms with Gasteiger partial charge in [0.15, 0.2) is 0 Å². The molecule has 0 aliphatic rings. The normalized spacial score (nSPS) is 10.7. The van der Waals surface area contributed by atoms with Crippen molar-refractivity contribution in [1.82, 2.24) is 20.1 Å². The molecule has 1 amide bonds. The van der Waals surface area contributed by atoms with E-state index in [9.17, 15) is 4.79 Å². The number of nitrogens with one attached hydrogen (secondary N) is 1. The lowest BCUT2D eigenvalue weighted by Gasteiger charge is -2.18. The Kier molecular flexibility index (Phi) is 6.79. The van der Waals surface area contributed by atoms with Gasteiger partial charge in [-0.25, -0.2) is 4.98 Å². The van der Waals surface area contributed by atoms with E-state index < -0.39 is 0 Å². The third kappa shape index (κ3) is 5.41. The van der Waals surface area contributed by atoms with Gasteiger partial charge in [-0.2, -0.15) is 5.10 Å². The zero-order valence-electron chi connectivity index (χ0n) is 17.4. The average molecular weight is 429 g/mol. The number of hydrogen-bond donors (Lipinski definition) is 1. The van der Waals surface area contributed by atoms with Gasteiger partial charge in [-0.3, -0.25) is 9.89 Å². The van der Waals surface area contributed by atoms with E-state index in [1.807, 2.05) is 79.8 Å². The predicted molar refractivity (Wildman–Crippen MR) is 124 cm³/mol. The average Bonchev–Trinajstić information content (AvgIpc) is 3.29. The Hall–Kier alpha value is -3.38. The molecule has 2 heterocycles. The summed E-state index contributed by atoms with van der Waals surface area (Å²) in [7, 11) is 1.84. The Bertz CT molecular complexity index is 1130. The molecule has 0 aliphatic heterocycles. The monoisotopic (exact) mass is 428 g/mol. The fraction of sp³-hybridized carbons (Fsp3) is 0.160. The minimum atomic E-state index is -0.0129. The third-order valence-corrected chi connectivity index (χ3v) is 5.97. The van der Waals surface area contributed by atoms with E-state index in [1.165, 1.54) is 11.8 Å². The van der Waals surface area contributed by atoms with E-state index in [0.29, 0.717) is 12.1 Å². The van der Waals surface area contributed by atoms with Gasteiger partial charge in [-0.05, 0) is 43.2 Å². The maximum atomic E-state index is 13.0. The van der Waals surface area contributed by atoms with Crippen LogP contribution in [0.3, 0.4) is 0 Å². The molecule has 0 fully saturated rings. The Morgan fingerprint density at radius 1 is 1.00 bits per heavy atom. The summed E-state index contributed by atoms with van der Waals surface area (Å²) in [5.41, 5.74) is 3.74. The summed E-state index contributed by atoms with van der Waals surface area (Å²) in [5, 5.41) is 8.24. The van der Waals surface area contributed by atoms with E-state index in [-0.39, 0.29) is 5.91 Å². The highest BCUT2D eigenvalue weighted by molar-refractivity contribution is 7.99. The molecule has 0 radical (unpaired) electrons. The molecule has 0 atom stereocenters. The summed E-state index contributed by atoms with van der Waals surface area (Å²) in [6, 6.07) is 25.8. The first-order valence-electron chi connectivity index (χ1n) is 10.2. The zero-order chi connectivity index (χ0) is 21.5. The standard InChI is InChI=1S/C25H24N4OS/c1-29(17-9-12-20-18-23(28-27-20)19-10-4-2-5-11-19)25(30)22-15-8-16-26-24(22)31-21-13-6-3-7-14-21/h2-8,10-11,13-16,18H,9,12,17H2,1H3,(H,27,28). The lowest BCUT2D eigenvalue weighted by atomic mass is 10.1. The van der Waals surface area contributed by atoms with Crippen LogP contribution in [0.1, 0.15) is 22.5 Å². The summed E-state index contributed by atoms with van der Waals surface area (Å²) in [4.78, 5) is 20.3. The number of aryl methyl sites for hydroxylation is 1. The van der Waals surface area contributed by atoms with E-state index in [0.717, 1.165) is 39.7 Å². The minimum absolute atomic E-state index is 0.0129. The molecule has 156 valence electrons. The van der Waals surface area contributed by atoms with E-state index in [4.69, 9.17) is 0 Å². The number of amides is 1. The summed E-state index contributed by atoms with van der Waals surface area (Å²) >= 11 is 1.51. The summed E-state index contributed by atoms with van der Waals surface area (Å²) in [6.45, 7) is 0.656. The van der Waals surface area contributed by atoms with Crippen molar-refractivity contribution in [1.29, 1.82) is 0 Å². The third-order valence-electron chi connectivity index (χ3n) is 4.95. The summed E-state index contributed by atoms with van der Waals surface area (Å²) in [6.07, 6.45) is 3.40. The van der Waals surface area contributed by atoms with Gasteiger partial charge in [-0.1, -0.05) is 60.3 Å². The molecule has 2 aromatic heterocycles. The summed E-state index contributed by atoms with van der Waals surface area (Å²) in [5.74, 6) is -0.0129. The van der Waals surface area contributed by atoms with Gasteiger partial charge in [0, 0.05) is 35.9 Å². The van der Waals surface area contributed by atoms with Gasteiger partial charge in [0.1, 0.15) is 5.03 Å². The second-order valence-electron chi connectivity index (χ2n) is 7.25. The van der Waals surface area contributed by atoms with Gasteiger partial charge < -0.3 is 4.90 Å². The number of nitrogens with zero attached hydrogens (tertiary/aromatic N) is 3. The van der Waals surface area contributed by atoms with Crippen molar-refractivity contribution < 1.29 is 4.79 Å². The molecule has 0 bridgehead atoms. The van der Waals surface area contributed by atoms with Crippen molar-refractivity contribution in [2.45, 2.75) is 22.8 Å². The number of aromatic amines is 1. The highest BCUT2D eigenvalue weighted by Crippen LogP contribution is 2.29. The van der Waals surface area contributed by atoms with Gasteiger partial charge in [0.05, 0.1) is 11.3 Å². The van der Waals surface area contributed by atoms with Crippen LogP contribution >= 0.6 is 11.8 Å². The van der Waals surface area contributed by atoms with Crippen LogP contribution in [0, 0.1) is 0 Å². The number of carbonyl (C=O) groups excluding carboxylic acids is 1. The number of H-pyrrole nitrogens is 1. The van der Waals surface area contributed by atoms with E-state index >= 15 is 0 Å². The van der Waals surface area contributed by atoms with Crippen molar-refractivity contribution in [3.63, 3.8) is 0 Å². The number of rotatable bonds is 8. The van der Waals surface area contributed by atoms with Crippen LogP contribution in [0.15, 0.2) is 95.0 Å². The van der Waals surface area contributed by atoms with E-state index in [2.05, 4.69) is 21.2 Å². The molecule has 0 aliphatic carbocycles. The van der Waals surface area contributed by atoms with Crippen LogP contribution in [0.2, 0.25) is 0 Å². The molecule has 5 nitrogen and oxygen atoms in total. The van der Waals surface area contributed by atoms with Crippen LogP contribution in [-0.4, -0.2) is 39.6 Å². The Morgan fingerprint density at radius 2 is 1.74 bits per heavy atom. The highest BCUT2D eigenvalue weighted by Gasteiger charge is 2.17. The van der Waals surface area contributed by atoms with Gasteiger partial charge in [0.25, 0.3) is 5.91 Å². The van der Waals surface area contributed by atoms with Crippen LogP contribution in [0.4, 0.5) is 0 Å². The molecule has 4 aromatic rings. The summed E-state index contributed by atoms with van der Waals surface area (Å²) < 4.78 is 0. The number of hydrogen-bond acceptors (Lipinski definition) is 4. The molecule has 0 unspecified atom stereocenters. The van der Waals surface area contributed by atoms with Crippen molar-refractivity contribution >= 4 is 17.7 Å². The molecular formula is C25H24N4OS. The van der Waals surface area contributed by atoms with Crippen molar-refractivity contribution in [3.05, 3.63) is 96.3 Å². The molecule has 0 saturated heterocycles. The molecule has 6 heteroatoms. The zero-order valence-corrected chi connectivity index (χ0v) is 18.2. The van der Waals surface area contributed by atoms with E-state index in [1.54, 1.807) is 11.1 Å². The number of aromatic nitrogens is 3. The fourth-order valence-corrected chi connectivity index (χ4v) is 4.19. The lowest BCUT2D eigenvalue weighted by molar-refractivity contribution is 0.0789. The molecule has 1 N–H and O–H groups in total. The van der Waals surface area contributed by atoms with Crippen molar-refractivity contribution in [3.8, 4) is 11.3 Å². The molecule has 0 saturated carbocycles. The van der Waals surface area contributed by atoms with Gasteiger partial charge >= 0.3 is 0 Å². The van der Waals surface area contributed by atoms with Crippen LogP contribution in [0.25, 0.3) is 11.3 Å². The quantitative estimate of drug-likeness (QED) is 0.412. The van der Waals surface area contributed by atoms with Crippen molar-refractivity contribution in [2.75, 3.05) is 13.6 Å². The Labute approximate surface area is 186 Å². The largest absolute Gasteiger partial charge is 0.342 e. The Morgan fingerprint density at radius 3 is 2.52 bits per heavy atom. The van der Waals surface area contributed by atoms with Crippen LogP contribution in [0.5, 0.6) is 0 Å². The van der Waals surface area contributed by atoms with Crippen molar-refractivity contribution in [2.24, 2.45) is 0 Å². The molecule has 4 rings (SSSR count). The minimum Gasteiger partial charge on any atom is -0.342 e. The molecule has 31 heavy (non-hydrogen) atoms. The fourth-order valence-electron chi connectivity index (χ4n) is 3.30. The highest BCUT2D eigenvalue weighted by atomic mass is 32.2. The van der Waals surface area contributed by atoms with Crippen LogP contribution < -0.4 is 0 Å². The van der Waals surface area contributed by atoms with Gasteiger partial charge in [0.2, 0.25) is 0 Å². The Balaban J connectivity index is 1.35. The molecule has 0 spiro atoms. The number of carbonyl (C=O) groups is 1. The maximum Gasteiger partial charge on any atom is 0.256 e. The molecule has 2 aromatic carbocycles. The first kappa shape index (κ1) is 20.9. The maximum absolute atomic E-state index is 13.0. The predicted octanol–water partition coefficient (Wildman–Crippen LogP) is 5.33.